The van der Waals surface area contributed by atoms with Gasteiger partial charge >= 0.3 is 0 Å². The molecular weight excluding hydrogens is 148 g/mol. The monoisotopic (exact) mass is 166 g/mol. The van der Waals surface area contributed by atoms with E-state index in [0.717, 1.165) is 24.7 Å². The van der Waals surface area contributed by atoms with E-state index >= 15 is 0 Å². The smallest absolute Gasteiger partial charge is 0.0577 e. The van der Waals surface area contributed by atoms with E-state index in [-0.39, 0.29) is 6.10 Å². The lowest BCUT2D eigenvalue weighted by Gasteiger charge is -2.22. The Labute approximate surface area is 74.5 Å². The summed E-state index contributed by atoms with van der Waals surface area (Å²) in [5.41, 5.74) is 0. The highest BCUT2D eigenvalue weighted by Crippen LogP contribution is 2.38. The van der Waals surface area contributed by atoms with Crippen LogP contribution in [0, 0.1) is 11.8 Å². The molecule has 0 saturated heterocycles. The molecule has 12 heavy (non-hydrogen) atoms. The minimum atomic E-state index is -0.0628. The fourth-order valence-corrected chi connectivity index (χ4v) is 2.70. The van der Waals surface area contributed by atoms with E-state index in [1.807, 2.05) is 0 Å². The first-order chi connectivity index (χ1) is 5.86. The summed E-state index contributed by atoms with van der Waals surface area (Å²) in [6.45, 7) is 0. The van der Waals surface area contributed by atoms with Gasteiger partial charge in [0.25, 0.3) is 0 Å². The minimum absolute atomic E-state index is 0.0628. The molecule has 0 aliphatic heterocycles. The zero-order chi connectivity index (χ0) is 8.39. The van der Waals surface area contributed by atoms with Crippen molar-refractivity contribution >= 4 is 0 Å². The fourth-order valence-electron chi connectivity index (χ4n) is 2.70. The predicted octanol–water partition coefficient (Wildman–Crippen LogP) is 2.50. The lowest BCUT2D eigenvalue weighted by Crippen LogP contribution is -2.17. The van der Waals surface area contributed by atoms with Crippen molar-refractivity contribution in [3.8, 4) is 0 Å². The lowest BCUT2D eigenvalue weighted by atomic mass is 9.85. The molecule has 0 heterocycles. The van der Waals surface area contributed by atoms with Crippen LogP contribution in [0.3, 0.4) is 0 Å². The molecule has 0 spiro atoms. The summed E-state index contributed by atoms with van der Waals surface area (Å²) in [5, 5.41) is 9.61. The fraction of sp³-hybridized carbons (Fsp3) is 0.818. The summed E-state index contributed by atoms with van der Waals surface area (Å²) in [5.74, 6) is 1.71. The zero-order valence-electron chi connectivity index (χ0n) is 7.58. The summed E-state index contributed by atoms with van der Waals surface area (Å²) >= 11 is 0. The van der Waals surface area contributed by atoms with Gasteiger partial charge in [0.2, 0.25) is 0 Å². The first kappa shape index (κ1) is 8.31. The molecular formula is C11H18O. The molecule has 0 unspecified atom stereocenters. The second-order valence-corrected chi connectivity index (χ2v) is 4.28. The summed E-state index contributed by atoms with van der Waals surface area (Å²) < 4.78 is 0. The number of rotatable bonds is 0. The van der Waals surface area contributed by atoms with E-state index in [0.29, 0.717) is 0 Å². The molecule has 3 atom stereocenters. The van der Waals surface area contributed by atoms with Gasteiger partial charge in [0.05, 0.1) is 6.10 Å². The molecule has 0 amide bonds. The average Bonchev–Trinajstić information content (AvgIpc) is 2.42. The summed E-state index contributed by atoms with van der Waals surface area (Å²) in [4.78, 5) is 0. The van der Waals surface area contributed by atoms with Crippen LogP contribution in [0.25, 0.3) is 0 Å². The van der Waals surface area contributed by atoms with Gasteiger partial charge in [-0.1, -0.05) is 25.0 Å². The molecule has 1 fully saturated rings. The SMILES string of the molecule is O[C@@H]1C/C=C\C[C@@H]2CCC[C@@H]2C1. The highest BCUT2D eigenvalue weighted by Gasteiger charge is 2.28. The van der Waals surface area contributed by atoms with Crippen molar-refractivity contribution in [2.75, 3.05) is 0 Å². The Bertz CT molecular complexity index is 174. The van der Waals surface area contributed by atoms with E-state index in [1.54, 1.807) is 0 Å². The minimum Gasteiger partial charge on any atom is -0.393 e. The van der Waals surface area contributed by atoms with E-state index < -0.39 is 0 Å². The van der Waals surface area contributed by atoms with Crippen molar-refractivity contribution in [2.45, 2.75) is 44.6 Å². The number of aliphatic hydroxyl groups excluding tert-OH is 1. The van der Waals surface area contributed by atoms with Crippen LogP contribution in [0.1, 0.15) is 38.5 Å². The third kappa shape index (κ3) is 1.71. The molecule has 1 nitrogen and oxygen atoms in total. The molecule has 0 aromatic heterocycles. The van der Waals surface area contributed by atoms with Gasteiger partial charge in [-0.05, 0) is 37.5 Å². The van der Waals surface area contributed by atoms with Crippen LogP contribution in [0.15, 0.2) is 12.2 Å². The number of allylic oxidation sites excluding steroid dienone is 1. The molecule has 0 bridgehead atoms. The van der Waals surface area contributed by atoms with Crippen LogP contribution in [-0.2, 0) is 0 Å². The maximum atomic E-state index is 9.61. The van der Waals surface area contributed by atoms with Crippen LogP contribution in [0.2, 0.25) is 0 Å². The molecule has 68 valence electrons. The number of aliphatic hydroxyl groups is 1. The first-order valence-electron chi connectivity index (χ1n) is 5.19. The number of hydrogen-bond acceptors (Lipinski definition) is 1. The maximum Gasteiger partial charge on any atom is 0.0577 e. The molecule has 2 aliphatic carbocycles. The summed E-state index contributed by atoms with van der Waals surface area (Å²) in [6.07, 6.45) is 11.7. The second-order valence-electron chi connectivity index (χ2n) is 4.28. The molecule has 1 N–H and O–H groups in total. The van der Waals surface area contributed by atoms with Crippen molar-refractivity contribution < 1.29 is 5.11 Å². The lowest BCUT2D eigenvalue weighted by molar-refractivity contribution is 0.131. The topological polar surface area (TPSA) is 20.2 Å². The van der Waals surface area contributed by atoms with Crippen molar-refractivity contribution in [1.82, 2.24) is 0 Å². The molecule has 2 rings (SSSR count). The van der Waals surface area contributed by atoms with E-state index in [1.165, 1.54) is 25.7 Å². The highest BCUT2D eigenvalue weighted by atomic mass is 16.3. The normalized spacial score (nSPS) is 44.6. The molecule has 1 heteroatoms. The number of fused-ring (bicyclic) bond motifs is 1. The van der Waals surface area contributed by atoms with Crippen LogP contribution in [0.5, 0.6) is 0 Å². The molecule has 0 aromatic rings. The molecule has 1 saturated carbocycles. The van der Waals surface area contributed by atoms with Gasteiger partial charge in [-0.2, -0.15) is 0 Å². The summed E-state index contributed by atoms with van der Waals surface area (Å²) in [6, 6.07) is 0. The van der Waals surface area contributed by atoms with Crippen molar-refractivity contribution in [2.24, 2.45) is 11.8 Å². The molecule has 2 aliphatic rings. The third-order valence-electron chi connectivity index (χ3n) is 3.40. The molecule has 0 radical (unpaired) electrons. The quantitative estimate of drug-likeness (QED) is 0.548. The van der Waals surface area contributed by atoms with Crippen molar-refractivity contribution in [1.29, 1.82) is 0 Å². The van der Waals surface area contributed by atoms with Crippen LogP contribution in [-0.4, -0.2) is 11.2 Å². The van der Waals surface area contributed by atoms with Crippen LogP contribution < -0.4 is 0 Å². The summed E-state index contributed by atoms with van der Waals surface area (Å²) in [7, 11) is 0. The largest absolute Gasteiger partial charge is 0.393 e. The van der Waals surface area contributed by atoms with Gasteiger partial charge in [0.15, 0.2) is 0 Å². The Morgan fingerprint density at radius 1 is 1.00 bits per heavy atom. The third-order valence-corrected chi connectivity index (χ3v) is 3.40. The van der Waals surface area contributed by atoms with E-state index in [4.69, 9.17) is 0 Å². The van der Waals surface area contributed by atoms with Gasteiger partial charge in [0.1, 0.15) is 0 Å². The van der Waals surface area contributed by atoms with Crippen LogP contribution >= 0.6 is 0 Å². The number of hydrogen-bond donors (Lipinski definition) is 1. The zero-order valence-corrected chi connectivity index (χ0v) is 7.58. The van der Waals surface area contributed by atoms with E-state index in [2.05, 4.69) is 12.2 Å². The van der Waals surface area contributed by atoms with E-state index in [9.17, 15) is 5.11 Å². The van der Waals surface area contributed by atoms with Gasteiger partial charge in [-0.25, -0.2) is 0 Å². The average molecular weight is 166 g/mol. The first-order valence-corrected chi connectivity index (χ1v) is 5.19. The van der Waals surface area contributed by atoms with Gasteiger partial charge in [-0.3, -0.25) is 0 Å². The Morgan fingerprint density at radius 2 is 1.75 bits per heavy atom. The van der Waals surface area contributed by atoms with Gasteiger partial charge < -0.3 is 5.11 Å². The highest BCUT2D eigenvalue weighted by molar-refractivity contribution is 4.93. The van der Waals surface area contributed by atoms with Crippen molar-refractivity contribution in [3.63, 3.8) is 0 Å². The maximum absolute atomic E-state index is 9.61. The second kappa shape index (κ2) is 3.61. The van der Waals surface area contributed by atoms with Crippen LogP contribution in [0.4, 0.5) is 0 Å². The Balaban J connectivity index is 2.02. The Kier molecular flexibility index (Phi) is 2.50. The van der Waals surface area contributed by atoms with Crippen molar-refractivity contribution in [3.05, 3.63) is 12.2 Å². The standard InChI is InChI=1S/C11H18O/c12-11-7-2-1-4-9-5-3-6-10(9)8-11/h1-2,9-12H,3-8H2/b2-1-/t9-,10-,11-/m1/s1. The van der Waals surface area contributed by atoms with Gasteiger partial charge in [-0.15, -0.1) is 0 Å². The molecule has 0 aromatic carbocycles. The predicted molar refractivity (Wildman–Crippen MR) is 49.8 cm³/mol. The Morgan fingerprint density at radius 3 is 2.67 bits per heavy atom. The Hall–Kier alpha value is -0.300. The van der Waals surface area contributed by atoms with Gasteiger partial charge in [0, 0.05) is 0 Å².